The summed E-state index contributed by atoms with van der Waals surface area (Å²) in [6.45, 7) is 0.219. The lowest BCUT2D eigenvalue weighted by Gasteiger charge is -2.17. The van der Waals surface area contributed by atoms with Gasteiger partial charge in [-0.05, 0) is 24.3 Å². The summed E-state index contributed by atoms with van der Waals surface area (Å²) in [5.74, 6) is -0.985. The maximum Gasteiger partial charge on any atom is 0.243 e. The van der Waals surface area contributed by atoms with Gasteiger partial charge in [0, 0.05) is 24.7 Å². The van der Waals surface area contributed by atoms with Crippen LogP contribution in [-0.2, 0) is 14.8 Å². The average molecular weight is 334 g/mol. The monoisotopic (exact) mass is 334 g/mol. The smallest absolute Gasteiger partial charge is 0.243 e. The zero-order valence-corrected chi connectivity index (χ0v) is 13.0. The second kappa shape index (κ2) is 6.10. The molecule has 0 saturated carbocycles. The van der Waals surface area contributed by atoms with Crippen LogP contribution in [0.1, 0.15) is 6.42 Å². The van der Waals surface area contributed by atoms with E-state index < -0.39 is 26.8 Å². The molecule has 1 atom stereocenters. The van der Waals surface area contributed by atoms with E-state index in [2.05, 4.69) is 4.72 Å². The minimum atomic E-state index is -4.01. The van der Waals surface area contributed by atoms with E-state index in [4.69, 9.17) is 0 Å². The summed E-state index contributed by atoms with van der Waals surface area (Å²) in [4.78, 5) is 13.2. The first-order chi connectivity index (χ1) is 11.0. The lowest BCUT2D eigenvalue weighted by atomic mass is 10.3. The molecular weight excluding hydrogens is 319 g/mol. The Hall–Kier alpha value is -2.25. The number of nitrogens with zero attached hydrogens (tertiary/aromatic N) is 1. The van der Waals surface area contributed by atoms with E-state index in [0.717, 1.165) is 6.07 Å². The number of carbonyl (C=O) groups excluding carboxylic acids is 1. The topological polar surface area (TPSA) is 66.5 Å². The first-order valence-electron chi connectivity index (χ1n) is 7.09. The molecule has 1 aliphatic heterocycles. The van der Waals surface area contributed by atoms with Gasteiger partial charge in [0.15, 0.2) is 0 Å². The van der Waals surface area contributed by atoms with Crippen LogP contribution >= 0.6 is 0 Å². The molecule has 1 fully saturated rings. The molecule has 0 bridgehead atoms. The summed E-state index contributed by atoms with van der Waals surface area (Å²) in [6, 6.07) is 13.6. The first-order valence-corrected chi connectivity index (χ1v) is 8.58. The fourth-order valence-electron chi connectivity index (χ4n) is 2.59. The van der Waals surface area contributed by atoms with Gasteiger partial charge in [-0.2, -0.15) is 0 Å². The molecule has 5 nitrogen and oxygen atoms in total. The van der Waals surface area contributed by atoms with Crippen LogP contribution in [0.15, 0.2) is 59.5 Å². The van der Waals surface area contributed by atoms with Crippen LogP contribution < -0.4 is 9.62 Å². The van der Waals surface area contributed by atoms with Crippen LogP contribution in [0.25, 0.3) is 0 Å². The Bertz CT molecular complexity index is 824. The normalized spacial score (nSPS) is 18.4. The fraction of sp³-hybridized carbons (Fsp3) is 0.188. The molecule has 2 aromatic rings. The molecule has 0 aromatic heterocycles. The van der Waals surface area contributed by atoms with E-state index in [1.807, 2.05) is 6.07 Å². The highest BCUT2D eigenvalue weighted by atomic mass is 32.2. The Morgan fingerprint density at radius 2 is 1.70 bits per heavy atom. The SMILES string of the molecule is O=C1C[C@H](NS(=O)(=O)c2ccccc2F)CN1c1ccccc1. The van der Waals surface area contributed by atoms with Gasteiger partial charge in [0.05, 0.1) is 0 Å². The van der Waals surface area contributed by atoms with Crippen molar-refractivity contribution in [1.82, 2.24) is 4.72 Å². The van der Waals surface area contributed by atoms with Crippen molar-refractivity contribution in [2.75, 3.05) is 11.4 Å². The Morgan fingerprint density at radius 1 is 1.04 bits per heavy atom. The number of anilines is 1. The van der Waals surface area contributed by atoms with Crippen molar-refractivity contribution in [1.29, 1.82) is 0 Å². The Balaban J connectivity index is 1.77. The summed E-state index contributed by atoms with van der Waals surface area (Å²) >= 11 is 0. The molecule has 120 valence electrons. The van der Waals surface area contributed by atoms with Crippen LogP contribution in [0.5, 0.6) is 0 Å². The largest absolute Gasteiger partial charge is 0.311 e. The van der Waals surface area contributed by atoms with Crippen molar-refractivity contribution >= 4 is 21.6 Å². The van der Waals surface area contributed by atoms with Gasteiger partial charge in [-0.1, -0.05) is 30.3 Å². The molecule has 0 aliphatic carbocycles. The van der Waals surface area contributed by atoms with E-state index in [0.29, 0.717) is 5.69 Å². The van der Waals surface area contributed by atoms with Crippen LogP contribution in [0, 0.1) is 5.82 Å². The summed E-state index contributed by atoms with van der Waals surface area (Å²) in [6.07, 6.45) is 0.0442. The van der Waals surface area contributed by atoms with Gasteiger partial charge in [0.25, 0.3) is 0 Å². The third-order valence-electron chi connectivity index (χ3n) is 3.64. The number of halogens is 1. The van der Waals surface area contributed by atoms with Gasteiger partial charge in [0.2, 0.25) is 15.9 Å². The maximum absolute atomic E-state index is 13.7. The van der Waals surface area contributed by atoms with Crippen molar-refractivity contribution in [3.8, 4) is 0 Å². The van der Waals surface area contributed by atoms with E-state index in [9.17, 15) is 17.6 Å². The summed E-state index contributed by atoms with van der Waals surface area (Å²) in [7, 11) is -4.01. The predicted molar refractivity (Wildman–Crippen MR) is 83.9 cm³/mol. The highest BCUT2D eigenvalue weighted by Gasteiger charge is 2.34. The first kappa shape index (κ1) is 15.6. The number of para-hydroxylation sites is 1. The zero-order chi connectivity index (χ0) is 16.4. The summed E-state index contributed by atoms with van der Waals surface area (Å²) < 4.78 is 40.6. The lowest BCUT2D eigenvalue weighted by Crippen LogP contribution is -2.37. The highest BCUT2D eigenvalue weighted by Crippen LogP contribution is 2.22. The minimum Gasteiger partial charge on any atom is -0.311 e. The van der Waals surface area contributed by atoms with Crippen molar-refractivity contribution in [2.24, 2.45) is 0 Å². The molecule has 0 unspecified atom stereocenters. The van der Waals surface area contributed by atoms with Crippen LogP contribution in [0.3, 0.4) is 0 Å². The van der Waals surface area contributed by atoms with E-state index in [-0.39, 0.29) is 18.9 Å². The van der Waals surface area contributed by atoms with Gasteiger partial charge in [0.1, 0.15) is 10.7 Å². The second-order valence-corrected chi connectivity index (χ2v) is 6.98. The second-order valence-electron chi connectivity index (χ2n) is 5.29. The molecule has 0 radical (unpaired) electrons. The number of hydrogen-bond acceptors (Lipinski definition) is 3. The minimum absolute atomic E-state index is 0.0442. The quantitative estimate of drug-likeness (QED) is 0.929. The Kier molecular flexibility index (Phi) is 4.14. The molecule has 3 rings (SSSR count). The summed E-state index contributed by atoms with van der Waals surface area (Å²) in [5, 5.41) is 0. The van der Waals surface area contributed by atoms with Crippen molar-refractivity contribution in [2.45, 2.75) is 17.4 Å². The number of sulfonamides is 1. The van der Waals surface area contributed by atoms with Crippen LogP contribution in [-0.4, -0.2) is 26.9 Å². The Labute approximate surface area is 133 Å². The van der Waals surface area contributed by atoms with Gasteiger partial charge in [-0.3, -0.25) is 4.79 Å². The molecule has 23 heavy (non-hydrogen) atoms. The molecule has 1 N–H and O–H groups in total. The predicted octanol–water partition coefficient (Wildman–Crippen LogP) is 1.91. The number of carbonyl (C=O) groups is 1. The zero-order valence-electron chi connectivity index (χ0n) is 12.1. The van der Waals surface area contributed by atoms with Crippen molar-refractivity contribution < 1.29 is 17.6 Å². The van der Waals surface area contributed by atoms with E-state index in [1.165, 1.54) is 23.1 Å². The standard InChI is InChI=1S/C16H15FN2O3S/c17-14-8-4-5-9-15(14)23(21,22)18-12-10-16(20)19(11-12)13-6-2-1-3-7-13/h1-9,12,18H,10-11H2/t12-/m0/s1. The molecule has 1 heterocycles. The summed E-state index contributed by atoms with van der Waals surface area (Å²) in [5.41, 5.74) is 0.713. The van der Waals surface area contributed by atoms with E-state index in [1.54, 1.807) is 24.3 Å². The molecular formula is C16H15FN2O3S. The lowest BCUT2D eigenvalue weighted by molar-refractivity contribution is -0.117. The highest BCUT2D eigenvalue weighted by molar-refractivity contribution is 7.89. The van der Waals surface area contributed by atoms with E-state index >= 15 is 0 Å². The number of rotatable bonds is 4. The van der Waals surface area contributed by atoms with Crippen molar-refractivity contribution in [3.63, 3.8) is 0 Å². The molecule has 2 aromatic carbocycles. The molecule has 1 aliphatic rings. The Morgan fingerprint density at radius 3 is 2.39 bits per heavy atom. The number of nitrogens with one attached hydrogen (secondary N) is 1. The van der Waals surface area contributed by atoms with Crippen LogP contribution in [0.2, 0.25) is 0 Å². The molecule has 1 amide bonds. The fourth-order valence-corrected chi connectivity index (χ4v) is 3.90. The number of amides is 1. The maximum atomic E-state index is 13.7. The molecule has 1 saturated heterocycles. The van der Waals surface area contributed by atoms with Crippen LogP contribution in [0.4, 0.5) is 10.1 Å². The molecule has 0 spiro atoms. The van der Waals surface area contributed by atoms with Gasteiger partial charge < -0.3 is 4.90 Å². The number of hydrogen-bond donors (Lipinski definition) is 1. The third kappa shape index (κ3) is 3.25. The molecule has 7 heteroatoms. The third-order valence-corrected chi connectivity index (χ3v) is 5.19. The van der Waals surface area contributed by atoms with Crippen molar-refractivity contribution in [3.05, 3.63) is 60.4 Å². The number of benzene rings is 2. The average Bonchev–Trinajstić information content (AvgIpc) is 2.88. The van der Waals surface area contributed by atoms with Gasteiger partial charge in [-0.25, -0.2) is 17.5 Å². The van der Waals surface area contributed by atoms with Gasteiger partial charge >= 0.3 is 0 Å². The van der Waals surface area contributed by atoms with Gasteiger partial charge in [-0.15, -0.1) is 0 Å².